The Morgan fingerprint density at radius 3 is 3.00 bits per heavy atom. The number of carbonyl (C=O) groups is 1. The highest BCUT2D eigenvalue weighted by Gasteiger charge is 2.26. The lowest BCUT2D eigenvalue weighted by Crippen LogP contribution is -2.34. The Balaban J connectivity index is 1.97. The van der Waals surface area contributed by atoms with E-state index in [1.807, 2.05) is 0 Å². The van der Waals surface area contributed by atoms with Gasteiger partial charge in [0.25, 0.3) is 5.91 Å². The van der Waals surface area contributed by atoms with E-state index in [4.69, 9.17) is 0 Å². The molecule has 2 N–H and O–H groups in total. The number of aromatic hydroxyl groups is 1. The summed E-state index contributed by atoms with van der Waals surface area (Å²) in [5.74, 6) is 0.509. The van der Waals surface area contributed by atoms with E-state index in [9.17, 15) is 9.90 Å². The van der Waals surface area contributed by atoms with Gasteiger partial charge < -0.3 is 10.4 Å². The van der Waals surface area contributed by atoms with Crippen molar-refractivity contribution in [3.63, 3.8) is 0 Å². The molecule has 0 spiro atoms. The predicted octanol–water partition coefficient (Wildman–Crippen LogP) is 2.10. The molecule has 1 unspecified atom stereocenters. The lowest BCUT2D eigenvalue weighted by atomic mass is 10.1. The smallest absolute Gasteiger partial charge is 0.255 e. The van der Waals surface area contributed by atoms with Crippen LogP contribution in [0, 0.1) is 5.92 Å². The van der Waals surface area contributed by atoms with Crippen LogP contribution in [-0.2, 0) is 0 Å². The molecule has 1 aromatic heterocycles. The second-order valence-corrected chi connectivity index (χ2v) is 4.65. The Morgan fingerprint density at radius 1 is 1.65 bits per heavy atom. The number of rotatable bonds is 5. The van der Waals surface area contributed by atoms with Crippen molar-refractivity contribution in [2.45, 2.75) is 38.6 Å². The average molecular weight is 234 g/mol. The normalized spacial score (nSPS) is 16.5. The molecule has 1 aliphatic rings. The van der Waals surface area contributed by atoms with Crippen molar-refractivity contribution in [3.05, 3.63) is 24.0 Å². The molecule has 17 heavy (non-hydrogen) atoms. The maximum absolute atomic E-state index is 11.9. The molecule has 0 radical (unpaired) electrons. The fourth-order valence-electron chi connectivity index (χ4n) is 1.92. The van der Waals surface area contributed by atoms with E-state index in [2.05, 4.69) is 17.2 Å². The summed E-state index contributed by atoms with van der Waals surface area (Å²) >= 11 is 0. The molecule has 0 bridgehead atoms. The molecule has 1 fully saturated rings. The molecule has 92 valence electrons. The van der Waals surface area contributed by atoms with Gasteiger partial charge in [-0.1, -0.05) is 19.8 Å². The Bertz CT molecular complexity index is 402. The van der Waals surface area contributed by atoms with Crippen molar-refractivity contribution in [1.82, 2.24) is 10.3 Å². The first kappa shape index (κ1) is 11.9. The van der Waals surface area contributed by atoms with Crippen LogP contribution in [0.2, 0.25) is 0 Å². The summed E-state index contributed by atoms with van der Waals surface area (Å²) < 4.78 is 0. The molecule has 0 saturated heterocycles. The van der Waals surface area contributed by atoms with E-state index in [-0.39, 0.29) is 17.7 Å². The summed E-state index contributed by atoms with van der Waals surface area (Å²) in [6.45, 7) is 2.07. The van der Waals surface area contributed by atoms with E-state index < -0.39 is 0 Å². The van der Waals surface area contributed by atoms with Gasteiger partial charge in [-0.25, -0.2) is 0 Å². The number of hydrogen-bond donors (Lipinski definition) is 2. The van der Waals surface area contributed by atoms with E-state index in [0.29, 0.717) is 5.56 Å². The number of carbonyl (C=O) groups excluding carboxylic acids is 1. The van der Waals surface area contributed by atoms with Crippen molar-refractivity contribution in [1.29, 1.82) is 0 Å². The molecule has 4 nitrogen and oxygen atoms in total. The summed E-state index contributed by atoms with van der Waals surface area (Å²) in [5, 5.41) is 12.5. The van der Waals surface area contributed by atoms with Crippen molar-refractivity contribution in [3.8, 4) is 5.75 Å². The summed E-state index contributed by atoms with van der Waals surface area (Å²) in [7, 11) is 0. The lowest BCUT2D eigenvalue weighted by Gasteiger charge is -2.16. The van der Waals surface area contributed by atoms with Crippen molar-refractivity contribution in [2.24, 2.45) is 5.92 Å². The van der Waals surface area contributed by atoms with Crippen LogP contribution < -0.4 is 5.32 Å². The first-order valence-corrected chi connectivity index (χ1v) is 6.14. The summed E-state index contributed by atoms with van der Waals surface area (Å²) in [4.78, 5) is 15.7. The third-order valence-electron chi connectivity index (χ3n) is 3.19. The van der Waals surface area contributed by atoms with Crippen molar-refractivity contribution in [2.75, 3.05) is 0 Å². The molecule has 1 amide bonds. The lowest BCUT2D eigenvalue weighted by molar-refractivity contribution is 0.0930. The first-order chi connectivity index (χ1) is 8.20. The van der Waals surface area contributed by atoms with E-state index >= 15 is 0 Å². The van der Waals surface area contributed by atoms with Crippen LogP contribution in [0.5, 0.6) is 5.75 Å². The van der Waals surface area contributed by atoms with Gasteiger partial charge in [-0.15, -0.1) is 0 Å². The van der Waals surface area contributed by atoms with Gasteiger partial charge in [0.05, 0.1) is 11.8 Å². The zero-order valence-electron chi connectivity index (χ0n) is 10.0. The van der Waals surface area contributed by atoms with Crippen LogP contribution in [0.25, 0.3) is 0 Å². The molecule has 0 aromatic carbocycles. The molecule has 1 aromatic rings. The van der Waals surface area contributed by atoms with E-state index in [1.54, 1.807) is 0 Å². The Kier molecular flexibility index (Phi) is 3.61. The predicted molar refractivity (Wildman–Crippen MR) is 64.8 cm³/mol. The molecule has 1 atom stereocenters. The zero-order valence-corrected chi connectivity index (χ0v) is 10.0. The largest absolute Gasteiger partial charge is 0.505 e. The minimum Gasteiger partial charge on any atom is -0.505 e. The Morgan fingerprint density at radius 2 is 2.41 bits per heavy atom. The molecule has 1 aliphatic carbocycles. The highest BCUT2D eigenvalue weighted by Crippen LogP contribution is 2.34. The number of pyridine rings is 1. The Labute approximate surface area is 101 Å². The van der Waals surface area contributed by atoms with Gasteiger partial charge in [-0.2, -0.15) is 0 Å². The maximum Gasteiger partial charge on any atom is 0.255 e. The van der Waals surface area contributed by atoms with Gasteiger partial charge in [0.15, 0.2) is 0 Å². The van der Waals surface area contributed by atoms with Crippen LogP contribution in [0.1, 0.15) is 43.0 Å². The molecule has 0 aliphatic heterocycles. The van der Waals surface area contributed by atoms with Crippen LogP contribution in [0.3, 0.4) is 0 Å². The minimum absolute atomic E-state index is 0.0636. The van der Waals surface area contributed by atoms with Gasteiger partial charge in [0, 0.05) is 12.2 Å². The Hall–Kier alpha value is -1.58. The maximum atomic E-state index is 11.9. The topological polar surface area (TPSA) is 62.2 Å². The van der Waals surface area contributed by atoms with Gasteiger partial charge in [-0.3, -0.25) is 9.78 Å². The number of amides is 1. The van der Waals surface area contributed by atoms with Crippen LogP contribution in [0.15, 0.2) is 18.5 Å². The highest BCUT2D eigenvalue weighted by molar-refractivity contribution is 5.96. The minimum atomic E-state index is -0.211. The molecular formula is C13H18N2O2. The molecular weight excluding hydrogens is 216 g/mol. The second kappa shape index (κ2) is 5.17. The fraction of sp³-hybridized carbons (Fsp3) is 0.538. The number of aromatic nitrogens is 1. The highest BCUT2D eigenvalue weighted by atomic mass is 16.3. The van der Waals surface area contributed by atoms with Gasteiger partial charge >= 0.3 is 0 Å². The van der Waals surface area contributed by atoms with Crippen LogP contribution in [-0.4, -0.2) is 22.0 Å². The number of nitrogens with zero attached hydrogens (tertiary/aromatic N) is 1. The second-order valence-electron chi connectivity index (χ2n) is 4.65. The average Bonchev–Trinajstić information content (AvgIpc) is 3.12. The van der Waals surface area contributed by atoms with Crippen molar-refractivity contribution < 1.29 is 9.90 Å². The quantitative estimate of drug-likeness (QED) is 0.820. The van der Waals surface area contributed by atoms with E-state index in [0.717, 1.165) is 18.8 Å². The molecule has 4 heteroatoms. The molecule has 2 rings (SSSR count). The van der Waals surface area contributed by atoms with Gasteiger partial charge in [0.1, 0.15) is 5.75 Å². The fourth-order valence-corrected chi connectivity index (χ4v) is 1.92. The van der Waals surface area contributed by atoms with Gasteiger partial charge in [-0.05, 0) is 24.8 Å². The van der Waals surface area contributed by atoms with Crippen LogP contribution >= 0.6 is 0 Å². The standard InChI is InChI=1S/C13H18N2O2/c1-2-10(7-9-3-4-9)15-13(17)11-5-6-14-8-12(11)16/h5-6,8-10,16H,2-4,7H2,1H3,(H,15,17). The zero-order chi connectivity index (χ0) is 12.3. The number of nitrogens with one attached hydrogen (secondary N) is 1. The van der Waals surface area contributed by atoms with Crippen molar-refractivity contribution >= 4 is 5.91 Å². The molecule has 1 saturated carbocycles. The number of hydrogen-bond acceptors (Lipinski definition) is 3. The summed E-state index contributed by atoms with van der Waals surface area (Å²) in [6.07, 6.45) is 7.34. The van der Waals surface area contributed by atoms with E-state index in [1.165, 1.54) is 31.3 Å². The van der Waals surface area contributed by atoms with Gasteiger partial charge in [0.2, 0.25) is 0 Å². The van der Waals surface area contributed by atoms with Crippen LogP contribution in [0.4, 0.5) is 0 Å². The first-order valence-electron chi connectivity index (χ1n) is 6.14. The third kappa shape index (κ3) is 3.19. The molecule has 1 heterocycles. The monoisotopic (exact) mass is 234 g/mol. The third-order valence-corrected chi connectivity index (χ3v) is 3.19. The summed E-state index contributed by atoms with van der Waals surface area (Å²) in [6, 6.07) is 1.75. The summed E-state index contributed by atoms with van der Waals surface area (Å²) in [5.41, 5.74) is 0.300. The SMILES string of the molecule is CCC(CC1CC1)NC(=O)c1ccncc1O.